The summed E-state index contributed by atoms with van der Waals surface area (Å²) in [5.74, 6) is -0.704. The number of nitrogens with zero attached hydrogens (tertiary/aromatic N) is 2. The van der Waals surface area contributed by atoms with Crippen LogP contribution in [0.5, 0.6) is 11.5 Å². The average Bonchev–Trinajstić information content (AvgIpc) is 2.95. The number of hydrogen-bond acceptors (Lipinski definition) is 8. The van der Waals surface area contributed by atoms with Crippen molar-refractivity contribution in [3.63, 3.8) is 0 Å². The summed E-state index contributed by atoms with van der Waals surface area (Å²) in [7, 11) is 2.45. The maximum absolute atomic E-state index is 13.4. The molecule has 2 aliphatic heterocycles. The second-order valence-electron chi connectivity index (χ2n) is 7.02. The topological polar surface area (TPSA) is 94.6 Å². The van der Waals surface area contributed by atoms with E-state index in [1.165, 1.54) is 19.1 Å². The Morgan fingerprint density at radius 2 is 1.78 bits per heavy atom. The van der Waals surface area contributed by atoms with Crippen molar-refractivity contribution < 1.29 is 33.3 Å². The van der Waals surface area contributed by atoms with E-state index in [4.69, 9.17) is 18.9 Å². The zero-order valence-corrected chi connectivity index (χ0v) is 17.9. The third-order valence-corrected chi connectivity index (χ3v) is 5.28. The van der Waals surface area contributed by atoms with Gasteiger partial charge in [-0.3, -0.25) is 4.79 Å². The molecule has 9 nitrogen and oxygen atoms in total. The van der Waals surface area contributed by atoms with Crippen molar-refractivity contribution in [1.29, 1.82) is 0 Å². The van der Waals surface area contributed by atoms with Gasteiger partial charge in [-0.2, -0.15) is 0 Å². The Bertz CT molecular complexity index is 1130. The number of methoxy groups -OCH3 is 2. The fourth-order valence-electron chi connectivity index (χ4n) is 3.74. The molecule has 0 N–H and O–H groups in total. The lowest BCUT2D eigenvalue weighted by atomic mass is 10.1. The molecule has 0 spiro atoms. The molecule has 0 aromatic heterocycles. The van der Waals surface area contributed by atoms with E-state index in [-0.39, 0.29) is 30.5 Å². The summed E-state index contributed by atoms with van der Waals surface area (Å²) in [5, 5.41) is 0. The van der Waals surface area contributed by atoms with Crippen LogP contribution in [0.3, 0.4) is 0 Å². The molecule has 0 unspecified atom stereocenters. The lowest BCUT2D eigenvalue weighted by Gasteiger charge is -2.31. The van der Waals surface area contributed by atoms with Crippen LogP contribution in [0.1, 0.15) is 17.3 Å². The SMILES string of the molecule is CCN1C(=O)c2cc(N3COCC(C(=O)OC)=C3C(=O)OC)ccc2Oc2ccccc21. The van der Waals surface area contributed by atoms with E-state index < -0.39 is 11.9 Å². The largest absolute Gasteiger partial charge is 0.466 e. The van der Waals surface area contributed by atoms with Gasteiger partial charge in [-0.15, -0.1) is 0 Å². The third kappa shape index (κ3) is 3.56. The van der Waals surface area contributed by atoms with Gasteiger partial charge in [0.15, 0.2) is 5.75 Å². The predicted molar refractivity (Wildman–Crippen MR) is 115 cm³/mol. The van der Waals surface area contributed by atoms with Crippen molar-refractivity contribution in [3.05, 3.63) is 59.3 Å². The van der Waals surface area contributed by atoms with Gasteiger partial charge in [0.05, 0.1) is 37.7 Å². The smallest absolute Gasteiger partial charge is 0.355 e. The van der Waals surface area contributed by atoms with E-state index in [9.17, 15) is 14.4 Å². The summed E-state index contributed by atoms with van der Waals surface area (Å²) in [6.07, 6.45) is 0. The number of anilines is 2. The highest BCUT2D eigenvalue weighted by Gasteiger charge is 2.34. The summed E-state index contributed by atoms with van der Waals surface area (Å²) >= 11 is 0. The average molecular weight is 438 g/mol. The van der Waals surface area contributed by atoms with Crippen LogP contribution in [-0.4, -0.2) is 51.9 Å². The second-order valence-corrected chi connectivity index (χ2v) is 7.02. The van der Waals surface area contributed by atoms with Gasteiger partial charge >= 0.3 is 11.9 Å². The zero-order valence-electron chi connectivity index (χ0n) is 17.9. The number of ether oxygens (including phenoxy) is 4. The molecule has 2 aromatic rings. The molecule has 2 heterocycles. The van der Waals surface area contributed by atoms with Crippen LogP contribution in [-0.2, 0) is 23.8 Å². The number of esters is 2. The van der Waals surface area contributed by atoms with E-state index in [0.717, 1.165) is 0 Å². The van der Waals surface area contributed by atoms with Crippen LogP contribution in [0, 0.1) is 0 Å². The predicted octanol–water partition coefficient (Wildman–Crippen LogP) is 2.85. The molecule has 0 saturated carbocycles. The number of rotatable bonds is 4. The highest BCUT2D eigenvalue weighted by atomic mass is 16.5. The van der Waals surface area contributed by atoms with Crippen molar-refractivity contribution in [3.8, 4) is 11.5 Å². The summed E-state index contributed by atoms with van der Waals surface area (Å²) in [5.41, 5.74) is 1.48. The molecule has 2 aromatic carbocycles. The summed E-state index contributed by atoms with van der Waals surface area (Å²) in [6.45, 7) is 2.20. The standard InChI is InChI=1S/C23H22N2O7/c1-4-24-17-7-5-6-8-19(17)32-18-10-9-14(11-15(18)21(24)26)25-13-31-12-16(22(27)29-2)20(25)23(28)30-3/h5-11H,4,12-13H2,1-3H3. The number of carbonyl (C=O) groups is 3. The first-order chi connectivity index (χ1) is 15.5. The van der Waals surface area contributed by atoms with Crippen molar-refractivity contribution in [1.82, 2.24) is 0 Å². The van der Waals surface area contributed by atoms with Gasteiger partial charge in [-0.25, -0.2) is 9.59 Å². The maximum Gasteiger partial charge on any atom is 0.355 e. The molecule has 0 fully saturated rings. The minimum atomic E-state index is -0.714. The van der Waals surface area contributed by atoms with E-state index in [2.05, 4.69) is 0 Å². The van der Waals surface area contributed by atoms with Crippen LogP contribution in [0.15, 0.2) is 53.7 Å². The van der Waals surface area contributed by atoms with E-state index in [0.29, 0.717) is 35.0 Å². The van der Waals surface area contributed by atoms with Crippen LogP contribution < -0.4 is 14.5 Å². The third-order valence-electron chi connectivity index (χ3n) is 5.28. The van der Waals surface area contributed by atoms with Gasteiger partial charge < -0.3 is 28.7 Å². The molecular formula is C23H22N2O7. The molecule has 32 heavy (non-hydrogen) atoms. The van der Waals surface area contributed by atoms with Gasteiger partial charge in [0.2, 0.25) is 0 Å². The van der Waals surface area contributed by atoms with Gasteiger partial charge in [0.25, 0.3) is 5.91 Å². The molecule has 2 aliphatic rings. The summed E-state index contributed by atoms with van der Waals surface area (Å²) in [4.78, 5) is 41.3. The molecule has 166 valence electrons. The van der Waals surface area contributed by atoms with Crippen LogP contribution in [0.4, 0.5) is 11.4 Å². The molecule has 0 atom stereocenters. The minimum Gasteiger partial charge on any atom is -0.466 e. The zero-order chi connectivity index (χ0) is 22.8. The highest BCUT2D eigenvalue weighted by molar-refractivity contribution is 6.10. The minimum absolute atomic E-state index is 0.00294. The Hall–Kier alpha value is -3.85. The molecule has 0 radical (unpaired) electrons. The highest BCUT2D eigenvalue weighted by Crippen LogP contribution is 2.40. The van der Waals surface area contributed by atoms with Crippen molar-refractivity contribution >= 4 is 29.2 Å². The van der Waals surface area contributed by atoms with Crippen LogP contribution in [0.2, 0.25) is 0 Å². The number of fused-ring (bicyclic) bond motifs is 2. The van der Waals surface area contributed by atoms with Crippen LogP contribution >= 0.6 is 0 Å². The summed E-state index contributed by atoms with van der Waals surface area (Å²) < 4.78 is 21.2. The lowest BCUT2D eigenvalue weighted by Crippen LogP contribution is -2.39. The molecule has 0 bridgehead atoms. The van der Waals surface area contributed by atoms with Crippen molar-refractivity contribution in [2.45, 2.75) is 6.92 Å². The van der Waals surface area contributed by atoms with E-state index in [1.54, 1.807) is 29.2 Å². The lowest BCUT2D eigenvalue weighted by molar-refractivity contribution is -0.140. The second kappa shape index (κ2) is 8.72. The quantitative estimate of drug-likeness (QED) is 0.673. The Morgan fingerprint density at radius 1 is 1.03 bits per heavy atom. The molecule has 0 aliphatic carbocycles. The number of para-hydroxylation sites is 2. The Kier molecular flexibility index (Phi) is 5.83. The molecule has 1 amide bonds. The Balaban J connectivity index is 1.82. The molecule has 0 saturated heterocycles. The van der Waals surface area contributed by atoms with Crippen LogP contribution in [0.25, 0.3) is 0 Å². The molecule has 4 rings (SSSR count). The fraction of sp³-hybridized carbons (Fsp3) is 0.261. The first kappa shape index (κ1) is 21.4. The molecule has 9 heteroatoms. The number of hydrogen-bond donors (Lipinski definition) is 0. The number of carbonyl (C=O) groups excluding carboxylic acids is 3. The number of benzene rings is 2. The number of amides is 1. The summed E-state index contributed by atoms with van der Waals surface area (Å²) in [6, 6.07) is 12.2. The van der Waals surface area contributed by atoms with Gasteiger partial charge in [-0.1, -0.05) is 12.1 Å². The molecular weight excluding hydrogens is 416 g/mol. The normalized spacial score (nSPS) is 15.4. The van der Waals surface area contributed by atoms with Gasteiger partial charge in [-0.05, 0) is 37.3 Å². The Labute approximate surface area is 184 Å². The van der Waals surface area contributed by atoms with Gasteiger partial charge in [0, 0.05) is 12.2 Å². The van der Waals surface area contributed by atoms with E-state index >= 15 is 0 Å². The first-order valence-corrected chi connectivity index (χ1v) is 9.98. The maximum atomic E-state index is 13.4. The van der Waals surface area contributed by atoms with Crippen molar-refractivity contribution in [2.75, 3.05) is 43.9 Å². The Morgan fingerprint density at radius 3 is 2.50 bits per heavy atom. The fourth-order valence-corrected chi connectivity index (χ4v) is 3.74. The van der Waals surface area contributed by atoms with E-state index in [1.807, 2.05) is 25.1 Å². The van der Waals surface area contributed by atoms with Crippen molar-refractivity contribution in [2.24, 2.45) is 0 Å². The monoisotopic (exact) mass is 438 g/mol. The first-order valence-electron chi connectivity index (χ1n) is 9.98. The van der Waals surface area contributed by atoms with Gasteiger partial charge in [0.1, 0.15) is 18.2 Å².